The number of halogens is 2. The highest BCUT2D eigenvalue weighted by Crippen LogP contribution is 2.43. The van der Waals surface area contributed by atoms with Crippen LogP contribution in [-0.2, 0) is 9.47 Å². The number of hydrogen-bond donors (Lipinski definition) is 0. The summed E-state index contributed by atoms with van der Waals surface area (Å²) < 4.78 is 11.6. The Morgan fingerprint density at radius 1 is 1.40 bits per heavy atom. The maximum Gasteiger partial charge on any atom is 0.185 e. The van der Waals surface area contributed by atoms with Gasteiger partial charge >= 0.3 is 0 Å². The van der Waals surface area contributed by atoms with Gasteiger partial charge in [0.2, 0.25) is 0 Å². The fourth-order valence-electron chi connectivity index (χ4n) is 1.52. The monoisotopic (exact) mass is 266 g/mol. The van der Waals surface area contributed by atoms with E-state index in [1.807, 2.05) is 13.8 Å². The van der Waals surface area contributed by atoms with Crippen molar-refractivity contribution in [3.8, 4) is 0 Å². The molecular weight excluding hydrogens is 257 g/mol. The van der Waals surface area contributed by atoms with Crippen LogP contribution in [0.15, 0.2) is 0 Å². The fraction of sp³-hybridized carbons (Fsp3) is 0.556. The third kappa shape index (κ3) is 2.29. The molecule has 1 aliphatic heterocycles. The van der Waals surface area contributed by atoms with Gasteiger partial charge in [0.15, 0.2) is 10.3 Å². The molecule has 0 aromatic carbocycles. The van der Waals surface area contributed by atoms with Crippen LogP contribution in [0.3, 0.4) is 0 Å². The SMILES string of the molecule is [CH2]C1OC(C)(C)OC1c1sc(Cl)nc1Cl. The lowest BCUT2D eigenvalue weighted by Gasteiger charge is -2.16. The quantitative estimate of drug-likeness (QED) is 0.780. The van der Waals surface area contributed by atoms with Crippen molar-refractivity contribution >= 4 is 34.5 Å². The Labute approximate surface area is 102 Å². The van der Waals surface area contributed by atoms with E-state index in [-0.39, 0.29) is 12.2 Å². The molecule has 1 fully saturated rings. The first-order valence-corrected chi connectivity index (χ1v) is 5.97. The molecule has 2 heterocycles. The average molecular weight is 267 g/mol. The topological polar surface area (TPSA) is 31.4 Å². The van der Waals surface area contributed by atoms with Crippen molar-refractivity contribution in [1.29, 1.82) is 0 Å². The van der Waals surface area contributed by atoms with Gasteiger partial charge in [-0.1, -0.05) is 23.2 Å². The van der Waals surface area contributed by atoms with Gasteiger partial charge in [-0.2, -0.15) is 0 Å². The second-order valence-electron chi connectivity index (χ2n) is 3.72. The zero-order valence-corrected chi connectivity index (χ0v) is 10.6. The molecule has 0 saturated carbocycles. The van der Waals surface area contributed by atoms with Crippen LogP contribution in [0.25, 0.3) is 0 Å². The van der Waals surface area contributed by atoms with E-state index in [0.717, 1.165) is 4.88 Å². The first kappa shape index (κ1) is 11.6. The minimum absolute atomic E-state index is 0.294. The van der Waals surface area contributed by atoms with Crippen molar-refractivity contribution in [2.24, 2.45) is 0 Å². The highest BCUT2D eigenvalue weighted by Gasteiger charge is 2.41. The largest absolute Gasteiger partial charge is 0.344 e. The minimum atomic E-state index is -0.642. The molecule has 0 bridgehead atoms. The van der Waals surface area contributed by atoms with E-state index in [1.54, 1.807) is 0 Å². The van der Waals surface area contributed by atoms with Crippen molar-refractivity contribution < 1.29 is 9.47 Å². The van der Waals surface area contributed by atoms with Crippen LogP contribution in [0.4, 0.5) is 0 Å². The molecule has 2 rings (SSSR count). The molecule has 2 unspecified atom stereocenters. The number of hydrogen-bond acceptors (Lipinski definition) is 4. The molecule has 15 heavy (non-hydrogen) atoms. The van der Waals surface area contributed by atoms with Crippen molar-refractivity contribution in [1.82, 2.24) is 4.98 Å². The zero-order valence-electron chi connectivity index (χ0n) is 8.29. The van der Waals surface area contributed by atoms with Gasteiger partial charge in [0.1, 0.15) is 11.3 Å². The molecule has 0 amide bonds. The molecule has 1 radical (unpaired) electrons. The smallest absolute Gasteiger partial charge is 0.185 e. The second kappa shape index (κ2) is 3.86. The van der Waals surface area contributed by atoms with Crippen molar-refractivity contribution in [3.63, 3.8) is 0 Å². The van der Waals surface area contributed by atoms with E-state index in [1.165, 1.54) is 11.3 Å². The summed E-state index contributed by atoms with van der Waals surface area (Å²) in [7, 11) is 0. The van der Waals surface area contributed by atoms with Crippen LogP contribution in [0.5, 0.6) is 0 Å². The molecule has 2 atom stereocenters. The lowest BCUT2D eigenvalue weighted by molar-refractivity contribution is -0.143. The Kier molecular flexibility index (Phi) is 2.99. The first-order valence-electron chi connectivity index (χ1n) is 4.39. The third-order valence-corrected chi connectivity index (χ3v) is 3.65. The Balaban J connectivity index is 2.29. The van der Waals surface area contributed by atoms with Crippen molar-refractivity contribution in [3.05, 3.63) is 21.4 Å². The summed E-state index contributed by atoms with van der Waals surface area (Å²) in [5.74, 6) is -0.642. The number of ether oxygens (including phenoxy) is 2. The molecule has 1 aromatic heterocycles. The standard InChI is InChI=1S/C9H10Cl2NO2S/c1-4-5(14-9(2,3)13-4)6-7(10)12-8(11)15-6/h4-5H,1H2,2-3H3. The molecule has 3 nitrogen and oxygen atoms in total. The molecular formula is C9H10Cl2NO2S. The maximum absolute atomic E-state index is 5.94. The van der Waals surface area contributed by atoms with Crippen molar-refractivity contribution in [2.45, 2.75) is 31.8 Å². The first-order chi connectivity index (χ1) is 6.89. The van der Waals surface area contributed by atoms with Gasteiger partial charge in [-0.05, 0) is 20.8 Å². The summed E-state index contributed by atoms with van der Waals surface area (Å²) in [4.78, 5) is 4.69. The van der Waals surface area contributed by atoms with Gasteiger partial charge in [-0.3, -0.25) is 0 Å². The number of rotatable bonds is 1. The Hall–Kier alpha value is 0.130. The predicted molar refractivity (Wildman–Crippen MR) is 60.3 cm³/mol. The van der Waals surface area contributed by atoms with Crippen LogP contribution < -0.4 is 0 Å². The summed E-state index contributed by atoms with van der Waals surface area (Å²) in [5.41, 5.74) is 0. The Morgan fingerprint density at radius 2 is 2.07 bits per heavy atom. The molecule has 1 aliphatic rings. The number of aromatic nitrogens is 1. The molecule has 1 aromatic rings. The van der Waals surface area contributed by atoms with Gasteiger partial charge in [0.25, 0.3) is 0 Å². The Morgan fingerprint density at radius 3 is 2.47 bits per heavy atom. The van der Waals surface area contributed by atoms with Gasteiger partial charge in [-0.25, -0.2) is 4.98 Å². The van der Waals surface area contributed by atoms with Gasteiger partial charge < -0.3 is 9.47 Å². The minimum Gasteiger partial charge on any atom is -0.344 e. The van der Waals surface area contributed by atoms with E-state index in [0.29, 0.717) is 9.62 Å². The lowest BCUT2D eigenvalue weighted by Crippen LogP contribution is -2.20. The van der Waals surface area contributed by atoms with E-state index in [2.05, 4.69) is 11.9 Å². The maximum atomic E-state index is 5.94. The molecule has 1 saturated heterocycles. The summed E-state index contributed by atoms with van der Waals surface area (Å²) in [5, 5.41) is 0.366. The predicted octanol–water partition coefficient (Wildman–Crippen LogP) is 3.48. The zero-order chi connectivity index (χ0) is 11.2. The summed E-state index contributed by atoms with van der Waals surface area (Å²) in [6.45, 7) is 7.54. The highest BCUT2D eigenvalue weighted by atomic mass is 35.5. The fourth-order valence-corrected chi connectivity index (χ4v) is 3.02. The lowest BCUT2D eigenvalue weighted by atomic mass is 10.2. The van der Waals surface area contributed by atoms with E-state index in [4.69, 9.17) is 32.7 Å². The Bertz CT molecular complexity index is 380. The normalized spacial score (nSPS) is 29.7. The van der Waals surface area contributed by atoms with Crippen LogP contribution in [0.1, 0.15) is 24.8 Å². The molecule has 0 N–H and O–H groups in total. The second-order valence-corrected chi connectivity index (χ2v) is 5.69. The summed E-state index contributed by atoms with van der Waals surface area (Å²) in [6.07, 6.45) is -0.591. The summed E-state index contributed by atoms with van der Waals surface area (Å²) in [6, 6.07) is 0. The van der Waals surface area contributed by atoms with Crippen LogP contribution in [0, 0.1) is 6.92 Å². The van der Waals surface area contributed by atoms with Gasteiger partial charge in [0.05, 0.1) is 11.0 Å². The summed E-state index contributed by atoms with van der Waals surface area (Å²) >= 11 is 13.0. The van der Waals surface area contributed by atoms with E-state index < -0.39 is 5.79 Å². The average Bonchev–Trinajstić information content (AvgIpc) is 2.52. The van der Waals surface area contributed by atoms with Crippen LogP contribution in [-0.4, -0.2) is 16.9 Å². The molecule has 0 aliphatic carbocycles. The molecule has 0 spiro atoms. The highest BCUT2D eigenvalue weighted by molar-refractivity contribution is 7.16. The van der Waals surface area contributed by atoms with Crippen molar-refractivity contribution in [2.75, 3.05) is 0 Å². The van der Waals surface area contributed by atoms with Crippen LogP contribution in [0.2, 0.25) is 9.62 Å². The third-order valence-electron chi connectivity index (χ3n) is 2.03. The van der Waals surface area contributed by atoms with E-state index >= 15 is 0 Å². The van der Waals surface area contributed by atoms with Gasteiger partial charge in [0, 0.05) is 0 Å². The van der Waals surface area contributed by atoms with E-state index in [9.17, 15) is 0 Å². The van der Waals surface area contributed by atoms with Gasteiger partial charge in [-0.15, -0.1) is 11.3 Å². The molecule has 6 heteroatoms. The molecule has 83 valence electrons. The number of nitrogens with zero attached hydrogens (tertiary/aromatic N) is 1. The van der Waals surface area contributed by atoms with Crippen LogP contribution >= 0.6 is 34.5 Å². The number of thiazole rings is 1.